The Balaban J connectivity index is 1.51. The van der Waals surface area contributed by atoms with Crippen LogP contribution in [0.1, 0.15) is 20.9 Å². The number of furan rings is 1. The van der Waals surface area contributed by atoms with Crippen LogP contribution in [0, 0.1) is 0 Å². The number of morpholine rings is 1. The van der Waals surface area contributed by atoms with Gasteiger partial charge in [-0.05, 0) is 48.5 Å². The van der Waals surface area contributed by atoms with Gasteiger partial charge in [0.25, 0.3) is 11.8 Å². The molecule has 0 atom stereocenters. The summed E-state index contributed by atoms with van der Waals surface area (Å²) < 4.78 is 37.5. The Morgan fingerprint density at radius 1 is 0.909 bits per heavy atom. The normalized spacial score (nSPS) is 14.6. The number of halogens is 1. The second kappa shape index (κ2) is 9.75. The van der Waals surface area contributed by atoms with E-state index in [-0.39, 0.29) is 40.0 Å². The van der Waals surface area contributed by atoms with Crippen molar-refractivity contribution in [2.45, 2.75) is 4.90 Å². The van der Waals surface area contributed by atoms with Crippen LogP contribution in [0.3, 0.4) is 0 Å². The largest absolute Gasteiger partial charge is 0.459 e. The summed E-state index contributed by atoms with van der Waals surface area (Å²) in [6.07, 6.45) is 1.39. The van der Waals surface area contributed by atoms with Gasteiger partial charge in [0.1, 0.15) is 4.90 Å². The quantitative estimate of drug-likeness (QED) is 0.547. The predicted octanol–water partition coefficient (Wildman–Crippen LogP) is 3.46. The molecular formula is C22H20ClN3O6S. The van der Waals surface area contributed by atoms with E-state index in [1.54, 1.807) is 24.3 Å². The van der Waals surface area contributed by atoms with E-state index in [4.69, 9.17) is 20.8 Å². The minimum absolute atomic E-state index is 0.0575. The van der Waals surface area contributed by atoms with Crippen molar-refractivity contribution in [3.05, 3.63) is 77.2 Å². The molecule has 172 valence electrons. The summed E-state index contributed by atoms with van der Waals surface area (Å²) in [7, 11) is -3.84. The van der Waals surface area contributed by atoms with Crippen LogP contribution in [0.2, 0.25) is 5.02 Å². The molecule has 0 radical (unpaired) electrons. The van der Waals surface area contributed by atoms with Gasteiger partial charge in [-0.1, -0.05) is 17.7 Å². The third-order valence-corrected chi connectivity index (χ3v) is 7.28. The number of nitrogens with one attached hydrogen (secondary N) is 2. The Bertz CT molecular complexity index is 1270. The van der Waals surface area contributed by atoms with Crippen LogP contribution in [-0.2, 0) is 14.8 Å². The third-order valence-electron chi connectivity index (χ3n) is 4.90. The topological polar surface area (TPSA) is 118 Å². The summed E-state index contributed by atoms with van der Waals surface area (Å²) in [6, 6.07) is 13.7. The number of carbonyl (C=O) groups is 2. The van der Waals surface area contributed by atoms with Crippen molar-refractivity contribution in [3.63, 3.8) is 0 Å². The first-order chi connectivity index (χ1) is 15.8. The van der Waals surface area contributed by atoms with Gasteiger partial charge in [0.2, 0.25) is 10.0 Å². The Kier molecular flexibility index (Phi) is 6.80. The second-order valence-electron chi connectivity index (χ2n) is 7.13. The molecule has 2 N–H and O–H groups in total. The van der Waals surface area contributed by atoms with Crippen LogP contribution in [-0.4, -0.2) is 50.8 Å². The molecule has 1 saturated heterocycles. The van der Waals surface area contributed by atoms with Gasteiger partial charge in [-0.15, -0.1) is 0 Å². The summed E-state index contributed by atoms with van der Waals surface area (Å²) in [4.78, 5) is 24.8. The first-order valence-electron chi connectivity index (χ1n) is 9.98. The molecule has 0 unspecified atom stereocenters. The standard InChI is InChI=1S/C22H20ClN3O6S/c23-18-7-6-17(14-20(18)33(29,30)26-8-11-31-12-9-26)24-21(27)15-3-1-4-16(13-15)25-22(28)19-5-2-10-32-19/h1-7,10,13-14H,8-9,11-12H2,(H,24,27)(H,25,28). The molecular weight excluding hydrogens is 470 g/mol. The molecule has 2 aromatic carbocycles. The fraction of sp³-hybridized carbons (Fsp3) is 0.182. The molecule has 1 aliphatic rings. The number of hydrogen-bond donors (Lipinski definition) is 2. The average Bonchev–Trinajstić information content (AvgIpc) is 3.36. The molecule has 33 heavy (non-hydrogen) atoms. The van der Waals surface area contributed by atoms with Crippen molar-refractivity contribution < 1.29 is 27.2 Å². The Labute approximate surface area is 195 Å². The van der Waals surface area contributed by atoms with Crippen molar-refractivity contribution in [2.75, 3.05) is 36.9 Å². The highest BCUT2D eigenvalue weighted by Crippen LogP contribution is 2.28. The van der Waals surface area contributed by atoms with Crippen molar-refractivity contribution in [3.8, 4) is 0 Å². The molecule has 2 amide bonds. The summed E-state index contributed by atoms with van der Waals surface area (Å²) in [6.45, 7) is 1.07. The SMILES string of the molecule is O=C(Nc1ccc(Cl)c(S(=O)(=O)N2CCOCC2)c1)c1cccc(NC(=O)c2ccco2)c1. The number of nitrogens with zero attached hydrogens (tertiary/aromatic N) is 1. The minimum atomic E-state index is -3.84. The van der Waals surface area contributed by atoms with Gasteiger partial charge < -0.3 is 19.8 Å². The van der Waals surface area contributed by atoms with Gasteiger partial charge in [0, 0.05) is 30.0 Å². The van der Waals surface area contributed by atoms with E-state index < -0.39 is 21.8 Å². The summed E-state index contributed by atoms with van der Waals surface area (Å²) in [5, 5.41) is 5.38. The number of hydrogen-bond acceptors (Lipinski definition) is 6. The van der Waals surface area contributed by atoms with Gasteiger partial charge in [-0.25, -0.2) is 8.42 Å². The van der Waals surface area contributed by atoms with Gasteiger partial charge in [0.05, 0.1) is 24.5 Å². The molecule has 9 nitrogen and oxygen atoms in total. The van der Waals surface area contributed by atoms with E-state index in [0.29, 0.717) is 18.9 Å². The van der Waals surface area contributed by atoms with Crippen LogP contribution < -0.4 is 10.6 Å². The van der Waals surface area contributed by atoms with Gasteiger partial charge in [-0.2, -0.15) is 4.31 Å². The lowest BCUT2D eigenvalue weighted by atomic mass is 10.1. The molecule has 0 aliphatic carbocycles. The molecule has 1 fully saturated rings. The maximum atomic E-state index is 13.0. The van der Waals surface area contributed by atoms with E-state index in [1.165, 1.54) is 40.9 Å². The highest BCUT2D eigenvalue weighted by atomic mass is 35.5. The molecule has 1 aromatic heterocycles. The lowest BCUT2D eigenvalue weighted by Gasteiger charge is -2.26. The number of benzene rings is 2. The van der Waals surface area contributed by atoms with Crippen LogP contribution in [0.4, 0.5) is 11.4 Å². The number of amides is 2. The average molecular weight is 490 g/mol. The van der Waals surface area contributed by atoms with Crippen molar-refractivity contribution in [2.24, 2.45) is 0 Å². The summed E-state index contributed by atoms with van der Waals surface area (Å²) in [5.41, 5.74) is 0.928. The fourth-order valence-corrected chi connectivity index (χ4v) is 5.16. The zero-order valence-corrected chi connectivity index (χ0v) is 18.9. The van der Waals surface area contributed by atoms with Gasteiger partial charge >= 0.3 is 0 Å². The van der Waals surface area contributed by atoms with E-state index in [1.807, 2.05) is 0 Å². The molecule has 2 heterocycles. The second-order valence-corrected chi connectivity index (χ2v) is 9.44. The number of sulfonamides is 1. The van der Waals surface area contributed by atoms with Crippen LogP contribution >= 0.6 is 11.6 Å². The van der Waals surface area contributed by atoms with E-state index in [9.17, 15) is 18.0 Å². The van der Waals surface area contributed by atoms with E-state index in [2.05, 4.69) is 10.6 Å². The summed E-state index contributed by atoms with van der Waals surface area (Å²) in [5.74, 6) is -0.797. The third kappa shape index (κ3) is 5.25. The predicted molar refractivity (Wildman–Crippen MR) is 122 cm³/mol. The van der Waals surface area contributed by atoms with Crippen molar-refractivity contribution >= 4 is 44.8 Å². The van der Waals surface area contributed by atoms with Crippen molar-refractivity contribution in [1.82, 2.24) is 4.31 Å². The number of carbonyl (C=O) groups excluding carboxylic acids is 2. The summed E-state index contributed by atoms with van der Waals surface area (Å²) >= 11 is 6.17. The zero-order chi connectivity index (χ0) is 23.4. The number of ether oxygens (including phenoxy) is 1. The Morgan fingerprint density at radius 2 is 1.64 bits per heavy atom. The maximum Gasteiger partial charge on any atom is 0.291 e. The van der Waals surface area contributed by atoms with Crippen LogP contribution in [0.5, 0.6) is 0 Å². The monoisotopic (exact) mass is 489 g/mol. The molecule has 0 saturated carbocycles. The molecule has 1 aliphatic heterocycles. The molecule has 3 aromatic rings. The minimum Gasteiger partial charge on any atom is -0.459 e. The van der Waals surface area contributed by atoms with Gasteiger partial charge in [0.15, 0.2) is 5.76 Å². The first-order valence-corrected chi connectivity index (χ1v) is 11.8. The van der Waals surface area contributed by atoms with Crippen LogP contribution in [0.25, 0.3) is 0 Å². The highest BCUT2D eigenvalue weighted by molar-refractivity contribution is 7.89. The first kappa shape index (κ1) is 23.0. The number of rotatable bonds is 6. The van der Waals surface area contributed by atoms with Crippen molar-refractivity contribution in [1.29, 1.82) is 0 Å². The van der Waals surface area contributed by atoms with Gasteiger partial charge in [-0.3, -0.25) is 9.59 Å². The zero-order valence-electron chi connectivity index (χ0n) is 17.3. The fourth-order valence-electron chi connectivity index (χ4n) is 3.25. The Hall–Kier alpha value is -3.18. The van der Waals surface area contributed by atoms with Crippen LogP contribution in [0.15, 0.2) is 70.2 Å². The molecule has 0 bridgehead atoms. The molecule has 11 heteroatoms. The highest BCUT2D eigenvalue weighted by Gasteiger charge is 2.28. The lowest BCUT2D eigenvalue weighted by molar-refractivity contribution is 0.0730. The smallest absolute Gasteiger partial charge is 0.291 e. The molecule has 0 spiro atoms. The Morgan fingerprint density at radius 3 is 2.36 bits per heavy atom. The molecule has 4 rings (SSSR count). The lowest BCUT2D eigenvalue weighted by Crippen LogP contribution is -2.40. The maximum absolute atomic E-state index is 13.0. The van der Waals surface area contributed by atoms with E-state index in [0.717, 1.165) is 0 Å². The van der Waals surface area contributed by atoms with E-state index >= 15 is 0 Å². The number of anilines is 2.